The SMILES string of the molecule is C[C@H](CC(C)(C)c1ccccc1)NC(=O)[C@H](C)Oc1ccc2c(c1)CCCC2. The minimum atomic E-state index is -0.510. The molecular formula is C25H33NO2. The van der Waals surface area contributed by atoms with Crippen molar-refractivity contribution in [1.82, 2.24) is 5.32 Å². The Morgan fingerprint density at radius 1 is 1.04 bits per heavy atom. The molecule has 0 unspecified atom stereocenters. The first-order valence-corrected chi connectivity index (χ1v) is 10.5. The van der Waals surface area contributed by atoms with Crippen LogP contribution in [-0.2, 0) is 23.1 Å². The number of fused-ring (bicyclic) bond motifs is 1. The number of rotatable bonds is 7. The predicted molar refractivity (Wildman–Crippen MR) is 115 cm³/mol. The molecule has 0 heterocycles. The molecule has 3 nitrogen and oxygen atoms in total. The van der Waals surface area contributed by atoms with Gasteiger partial charge >= 0.3 is 0 Å². The van der Waals surface area contributed by atoms with Crippen molar-refractivity contribution < 1.29 is 9.53 Å². The molecule has 2 aromatic carbocycles. The molecule has 1 aliphatic rings. The Hall–Kier alpha value is -2.29. The fourth-order valence-corrected chi connectivity index (χ4v) is 4.22. The van der Waals surface area contributed by atoms with E-state index < -0.39 is 6.10 Å². The van der Waals surface area contributed by atoms with E-state index in [-0.39, 0.29) is 17.4 Å². The summed E-state index contributed by atoms with van der Waals surface area (Å²) in [5, 5.41) is 3.12. The van der Waals surface area contributed by atoms with Crippen LogP contribution in [0.5, 0.6) is 5.75 Å². The minimum Gasteiger partial charge on any atom is -0.481 e. The number of ether oxygens (including phenoxy) is 1. The van der Waals surface area contributed by atoms with Crippen molar-refractivity contribution in [2.75, 3.05) is 0 Å². The van der Waals surface area contributed by atoms with Crippen LogP contribution >= 0.6 is 0 Å². The summed E-state index contributed by atoms with van der Waals surface area (Å²) in [4.78, 5) is 12.6. The van der Waals surface area contributed by atoms with Crippen molar-refractivity contribution in [3.63, 3.8) is 0 Å². The highest BCUT2D eigenvalue weighted by Crippen LogP contribution is 2.28. The number of carbonyl (C=O) groups excluding carboxylic acids is 1. The van der Waals surface area contributed by atoms with Gasteiger partial charge in [-0.25, -0.2) is 0 Å². The Morgan fingerprint density at radius 3 is 2.43 bits per heavy atom. The van der Waals surface area contributed by atoms with Crippen molar-refractivity contribution in [3.8, 4) is 5.75 Å². The predicted octanol–water partition coefficient (Wildman–Crippen LogP) is 5.21. The summed E-state index contributed by atoms with van der Waals surface area (Å²) in [5.74, 6) is 0.731. The maximum atomic E-state index is 12.6. The summed E-state index contributed by atoms with van der Waals surface area (Å²) in [6.45, 7) is 8.33. The van der Waals surface area contributed by atoms with Crippen molar-refractivity contribution in [2.45, 2.75) is 77.4 Å². The topological polar surface area (TPSA) is 38.3 Å². The average Bonchev–Trinajstić information content (AvgIpc) is 2.68. The highest BCUT2D eigenvalue weighted by molar-refractivity contribution is 5.81. The van der Waals surface area contributed by atoms with Gasteiger partial charge in [0.15, 0.2) is 6.10 Å². The molecule has 0 bridgehead atoms. The molecule has 1 amide bonds. The number of aryl methyl sites for hydroxylation is 2. The van der Waals surface area contributed by atoms with Crippen molar-refractivity contribution >= 4 is 5.91 Å². The van der Waals surface area contributed by atoms with Gasteiger partial charge in [0.25, 0.3) is 5.91 Å². The summed E-state index contributed by atoms with van der Waals surface area (Å²) in [5.41, 5.74) is 4.08. The van der Waals surface area contributed by atoms with Crippen molar-refractivity contribution in [3.05, 3.63) is 65.2 Å². The molecule has 0 saturated carbocycles. The molecule has 0 saturated heterocycles. The normalized spacial score (nSPS) is 16.0. The zero-order valence-corrected chi connectivity index (χ0v) is 17.6. The molecule has 0 radical (unpaired) electrons. The second-order valence-corrected chi connectivity index (χ2v) is 8.76. The van der Waals surface area contributed by atoms with Crippen LogP contribution in [0.4, 0.5) is 0 Å². The quantitative estimate of drug-likeness (QED) is 0.717. The van der Waals surface area contributed by atoms with Gasteiger partial charge in [-0.15, -0.1) is 0 Å². The van der Waals surface area contributed by atoms with Crippen molar-refractivity contribution in [2.24, 2.45) is 0 Å². The van der Waals surface area contributed by atoms with Crippen LogP contribution in [0.25, 0.3) is 0 Å². The molecule has 0 aromatic heterocycles. The molecule has 0 fully saturated rings. The lowest BCUT2D eigenvalue weighted by atomic mass is 9.79. The van der Waals surface area contributed by atoms with E-state index in [1.807, 2.05) is 19.1 Å². The minimum absolute atomic E-state index is 0.00343. The highest BCUT2D eigenvalue weighted by atomic mass is 16.5. The van der Waals surface area contributed by atoms with Crippen LogP contribution in [0.15, 0.2) is 48.5 Å². The summed E-state index contributed by atoms with van der Waals surface area (Å²) in [6, 6.07) is 16.8. The third-order valence-electron chi connectivity index (χ3n) is 5.76. The largest absolute Gasteiger partial charge is 0.481 e. The molecule has 28 heavy (non-hydrogen) atoms. The Morgan fingerprint density at radius 2 is 1.71 bits per heavy atom. The van der Waals surface area contributed by atoms with Crippen LogP contribution in [0.2, 0.25) is 0 Å². The Kier molecular flexibility index (Phi) is 6.43. The van der Waals surface area contributed by atoms with Gasteiger partial charge in [-0.05, 0) is 80.2 Å². The summed E-state index contributed by atoms with van der Waals surface area (Å²) in [6.07, 6.45) is 5.13. The smallest absolute Gasteiger partial charge is 0.260 e. The number of amides is 1. The number of hydrogen-bond acceptors (Lipinski definition) is 2. The summed E-state index contributed by atoms with van der Waals surface area (Å²) < 4.78 is 5.95. The van der Waals surface area contributed by atoms with E-state index in [0.717, 1.165) is 25.0 Å². The maximum absolute atomic E-state index is 12.6. The van der Waals surface area contributed by atoms with Gasteiger partial charge in [0, 0.05) is 6.04 Å². The number of carbonyl (C=O) groups is 1. The molecule has 150 valence electrons. The van der Waals surface area contributed by atoms with Crippen molar-refractivity contribution in [1.29, 1.82) is 0 Å². The van der Waals surface area contributed by atoms with E-state index in [4.69, 9.17) is 4.74 Å². The molecule has 2 aromatic rings. The second-order valence-electron chi connectivity index (χ2n) is 8.76. The first-order chi connectivity index (χ1) is 13.3. The van der Waals surface area contributed by atoms with Gasteiger partial charge in [-0.2, -0.15) is 0 Å². The average molecular weight is 380 g/mol. The number of nitrogens with one attached hydrogen (secondary N) is 1. The van der Waals surface area contributed by atoms with Gasteiger partial charge in [-0.1, -0.05) is 50.2 Å². The Balaban J connectivity index is 1.55. The van der Waals surface area contributed by atoms with E-state index in [1.54, 1.807) is 0 Å². The fourth-order valence-electron chi connectivity index (χ4n) is 4.22. The molecule has 1 aliphatic carbocycles. The number of benzene rings is 2. The molecular weight excluding hydrogens is 346 g/mol. The van der Waals surface area contributed by atoms with E-state index in [1.165, 1.54) is 29.5 Å². The van der Waals surface area contributed by atoms with E-state index in [9.17, 15) is 4.79 Å². The lowest BCUT2D eigenvalue weighted by molar-refractivity contribution is -0.128. The molecule has 0 spiro atoms. The number of hydrogen-bond donors (Lipinski definition) is 1. The molecule has 0 aliphatic heterocycles. The first-order valence-electron chi connectivity index (χ1n) is 10.5. The lowest BCUT2D eigenvalue weighted by Gasteiger charge is -2.29. The molecule has 2 atom stereocenters. The maximum Gasteiger partial charge on any atom is 0.260 e. The van der Waals surface area contributed by atoms with Crippen LogP contribution in [0.1, 0.15) is 63.6 Å². The first kappa shape index (κ1) is 20.4. The standard InChI is InChI=1S/C25H33NO2/c1-18(17-25(3,4)22-12-6-5-7-13-22)26-24(27)19(2)28-23-15-14-20-10-8-9-11-21(20)16-23/h5-7,12-16,18-19H,8-11,17H2,1-4H3,(H,26,27)/t18-,19+/m1/s1. The Bertz CT molecular complexity index is 797. The summed E-state index contributed by atoms with van der Waals surface area (Å²) >= 11 is 0. The van der Waals surface area contributed by atoms with Gasteiger partial charge < -0.3 is 10.1 Å². The van der Waals surface area contributed by atoms with Gasteiger partial charge in [0.05, 0.1) is 0 Å². The van der Waals surface area contributed by atoms with E-state index >= 15 is 0 Å². The fraction of sp³-hybridized carbons (Fsp3) is 0.480. The Labute approximate surface area is 169 Å². The molecule has 3 rings (SSSR count). The lowest BCUT2D eigenvalue weighted by Crippen LogP contribution is -2.43. The third-order valence-corrected chi connectivity index (χ3v) is 5.76. The zero-order chi connectivity index (χ0) is 20.1. The highest BCUT2D eigenvalue weighted by Gasteiger charge is 2.25. The van der Waals surface area contributed by atoms with Crippen LogP contribution < -0.4 is 10.1 Å². The zero-order valence-electron chi connectivity index (χ0n) is 17.6. The molecule has 3 heteroatoms. The van der Waals surface area contributed by atoms with Gasteiger partial charge in [-0.3, -0.25) is 4.79 Å². The second kappa shape index (κ2) is 8.81. The van der Waals surface area contributed by atoms with Gasteiger partial charge in [0.2, 0.25) is 0 Å². The van der Waals surface area contributed by atoms with Crippen LogP contribution in [0.3, 0.4) is 0 Å². The monoisotopic (exact) mass is 379 g/mol. The van der Waals surface area contributed by atoms with Crippen LogP contribution in [0, 0.1) is 0 Å². The van der Waals surface area contributed by atoms with Gasteiger partial charge in [0.1, 0.15) is 5.75 Å². The summed E-state index contributed by atoms with van der Waals surface area (Å²) in [7, 11) is 0. The molecule has 1 N–H and O–H groups in total. The third kappa shape index (κ3) is 5.15. The van der Waals surface area contributed by atoms with E-state index in [0.29, 0.717) is 0 Å². The van der Waals surface area contributed by atoms with E-state index in [2.05, 4.69) is 62.5 Å². The van der Waals surface area contributed by atoms with Crippen LogP contribution in [-0.4, -0.2) is 18.1 Å².